The molecule has 1 heterocycles. The second-order valence-electron chi connectivity index (χ2n) is 5.73. The summed E-state index contributed by atoms with van der Waals surface area (Å²) in [6.07, 6.45) is 0. The molecule has 0 radical (unpaired) electrons. The summed E-state index contributed by atoms with van der Waals surface area (Å²) in [6.45, 7) is 2.67. The average molecular weight is 343 g/mol. The molecule has 0 saturated carbocycles. The van der Waals surface area contributed by atoms with Gasteiger partial charge in [0.2, 0.25) is 0 Å². The van der Waals surface area contributed by atoms with E-state index in [9.17, 15) is 8.78 Å². The van der Waals surface area contributed by atoms with Crippen molar-refractivity contribution in [3.05, 3.63) is 42.0 Å². The van der Waals surface area contributed by atoms with Crippen LogP contribution >= 0.6 is 12.4 Å². The topological polar surface area (TPSA) is 24.5 Å². The van der Waals surface area contributed by atoms with E-state index in [2.05, 4.69) is 17.1 Å². The third-order valence-electron chi connectivity index (χ3n) is 4.05. The standard InChI is InChI=1S/C17H20F2N2O.ClH/c1-12-10-21(9-8-20-12)11-15-14-5-3-2-4-13(14)6-7-16(15)22-17(18)19;/h2-7,12,17,20H,8-11H2,1H3;1H/t12-;/m0./s1. The summed E-state index contributed by atoms with van der Waals surface area (Å²) in [4.78, 5) is 2.28. The molecule has 3 nitrogen and oxygen atoms in total. The van der Waals surface area contributed by atoms with Crippen molar-refractivity contribution in [3.63, 3.8) is 0 Å². The molecule has 1 N–H and O–H groups in total. The van der Waals surface area contributed by atoms with Gasteiger partial charge in [0.1, 0.15) is 5.75 Å². The van der Waals surface area contributed by atoms with Crippen LogP contribution in [-0.4, -0.2) is 37.2 Å². The molecular weight excluding hydrogens is 322 g/mol. The van der Waals surface area contributed by atoms with Crippen molar-refractivity contribution >= 4 is 23.2 Å². The number of rotatable bonds is 4. The summed E-state index contributed by atoms with van der Waals surface area (Å²) in [6, 6.07) is 11.7. The van der Waals surface area contributed by atoms with Crippen molar-refractivity contribution in [3.8, 4) is 5.75 Å². The molecule has 0 aromatic heterocycles. The number of nitrogens with one attached hydrogen (secondary N) is 1. The maximum absolute atomic E-state index is 12.7. The van der Waals surface area contributed by atoms with Gasteiger partial charge in [-0.1, -0.05) is 30.3 Å². The van der Waals surface area contributed by atoms with Crippen LogP contribution < -0.4 is 10.1 Å². The normalized spacial score (nSPS) is 18.9. The van der Waals surface area contributed by atoms with E-state index in [-0.39, 0.29) is 18.2 Å². The molecule has 1 fully saturated rings. The molecule has 1 atom stereocenters. The van der Waals surface area contributed by atoms with Gasteiger partial charge in [-0.25, -0.2) is 0 Å². The van der Waals surface area contributed by atoms with E-state index in [1.165, 1.54) is 0 Å². The fraction of sp³-hybridized carbons (Fsp3) is 0.412. The molecule has 0 aliphatic carbocycles. The van der Waals surface area contributed by atoms with Crippen LogP contribution in [0.5, 0.6) is 5.75 Å². The lowest BCUT2D eigenvalue weighted by molar-refractivity contribution is -0.0507. The summed E-state index contributed by atoms with van der Waals surface area (Å²) < 4.78 is 30.1. The molecular formula is C17H21ClF2N2O. The Morgan fingerprint density at radius 1 is 1.26 bits per heavy atom. The molecule has 0 bridgehead atoms. The van der Waals surface area contributed by atoms with Gasteiger partial charge in [0.05, 0.1) is 0 Å². The molecule has 0 amide bonds. The van der Waals surface area contributed by atoms with Crippen LogP contribution in [0.25, 0.3) is 10.8 Å². The molecule has 0 unspecified atom stereocenters. The fourth-order valence-corrected chi connectivity index (χ4v) is 3.06. The number of alkyl halides is 2. The Kier molecular flexibility index (Phi) is 6.16. The largest absolute Gasteiger partial charge is 0.434 e. The first kappa shape index (κ1) is 17.9. The number of hydrogen-bond donors (Lipinski definition) is 1. The summed E-state index contributed by atoms with van der Waals surface area (Å²) in [5.41, 5.74) is 0.840. The van der Waals surface area contributed by atoms with Crippen LogP contribution in [0.3, 0.4) is 0 Å². The second-order valence-corrected chi connectivity index (χ2v) is 5.73. The molecule has 2 aromatic carbocycles. The minimum absolute atomic E-state index is 0. The van der Waals surface area contributed by atoms with Crippen molar-refractivity contribution in [2.24, 2.45) is 0 Å². The van der Waals surface area contributed by atoms with Gasteiger partial charge in [0.15, 0.2) is 0 Å². The fourth-order valence-electron chi connectivity index (χ4n) is 3.06. The van der Waals surface area contributed by atoms with E-state index in [0.29, 0.717) is 12.6 Å². The Morgan fingerprint density at radius 2 is 2.04 bits per heavy atom. The second kappa shape index (κ2) is 7.90. The Morgan fingerprint density at radius 3 is 2.78 bits per heavy atom. The summed E-state index contributed by atoms with van der Waals surface area (Å²) in [7, 11) is 0. The average Bonchev–Trinajstić information content (AvgIpc) is 2.49. The molecule has 1 saturated heterocycles. The smallest absolute Gasteiger partial charge is 0.387 e. The summed E-state index contributed by atoms with van der Waals surface area (Å²) >= 11 is 0. The van der Waals surface area contributed by atoms with Crippen LogP contribution in [0, 0.1) is 0 Å². The lowest BCUT2D eigenvalue weighted by atomic mass is 10.0. The number of benzene rings is 2. The lowest BCUT2D eigenvalue weighted by Crippen LogP contribution is -2.48. The Hall–Kier alpha value is -1.43. The highest BCUT2D eigenvalue weighted by molar-refractivity contribution is 5.87. The van der Waals surface area contributed by atoms with Crippen LogP contribution in [0.15, 0.2) is 36.4 Å². The van der Waals surface area contributed by atoms with Crippen molar-refractivity contribution in [2.75, 3.05) is 19.6 Å². The molecule has 1 aliphatic rings. The molecule has 0 spiro atoms. The zero-order chi connectivity index (χ0) is 15.5. The molecule has 1 aliphatic heterocycles. The number of hydrogen-bond acceptors (Lipinski definition) is 3. The van der Waals surface area contributed by atoms with Crippen molar-refractivity contribution in [1.82, 2.24) is 10.2 Å². The number of nitrogens with zero attached hydrogens (tertiary/aromatic N) is 1. The molecule has 23 heavy (non-hydrogen) atoms. The zero-order valence-corrected chi connectivity index (χ0v) is 13.8. The maximum Gasteiger partial charge on any atom is 0.387 e. The highest BCUT2D eigenvalue weighted by Gasteiger charge is 2.19. The van der Waals surface area contributed by atoms with E-state index in [1.54, 1.807) is 6.07 Å². The van der Waals surface area contributed by atoms with Gasteiger partial charge in [-0.05, 0) is 23.8 Å². The number of piperazine rings is 1. The van der Waals surface area contributed by atoms with Crippen molar-refractivity contribution < 1.29 is 13.5 Å². The van der Waals surface area contributed by atoms with Crippen molar-refractivity contribution in [1.29, 1.82) is 0 Å². The van der Waals surface area contributed by atoms with Crippen LogP contribution in [-0.2, 0) is 6.54 Å². The zero-order valence-electron chi connectivity index (χ0n) is 13.0. The van der Waals surface area contributed by atoms with Gasteiger partial charge in [-0.15, -0.1) is 12.4 Å². The van der Waals surface area contributed by atoms with Crippen molar-refractivity contribution in [2.45, 2.75) is 26.1 Å². The third-order valence-corrected chi connectivity index (χ3v) is 4.05. The molecule has 3 rings (SSSR count). The Labute approximate surface area is 141 Å². The predicted molar refractivity (Wildman–Crippen MR) is 90.6 cm³/mol. The third kappa shape index (κ3) is 4.31. The number of ether oxygens (including phenoxy) is 1. The molecule has 126 valence electrons. The molecule has 2 aromatic rings. The quantitative estimate of drug-likeness (QED) is 0.917. The van der Waals surface area contributed by atoms with E-state index in [4.69, 9.17) is 4.74 Å². The van der Waals surface area contributed by atoms with Gasteiger partial charge in [-0.3, -0.25) is 4.90 Å². The SMILES string of the molecule is C[C@H]1CN(Cc2c(OC(F)F)ccc3ccccc23)CCN1.Cl. The highest BCUT2D eigenvalue weighted by atomic mass is 35.5. The first-order chi connectivity index (χ1) is 10.6. The number of halogens is 3. The Bertz CT molecular complexity index is 654. The van der Waals surface area contributed by atoms with E-state index < -0.39 is 6.61 Å². The van der Waals surface area contributed by atoms with E-state index in [1.807, 2.05) is 30.3 Å². The summed E-state index contributed by atoms with van der Waals surface area (Å²) in [5.74, 6) is 0.278. The summed E-state index contributed by atoms with van der Waals surface area (Å²) in [5, 5.41) is 5.41. The van der Waals surface area contributed by atoms with Crippen LogP contribution in [0.1, 0.15) is 12.5 Å². The molecule has 6 heteroatoms. The van der Waals surface area contributed by atoms with E-state index >= 15 is 0 Å². The maximum atomic E-state index is 12.7. The van der Waals surface area contributed by atoms with Gasteiger partial charge < -0.3 is 10.1 Å². The number of fused-ring (bicyclic) bond motifs is 1. The first-order valence-electron chi connectivity index (χ1n) is 7.54. The lowest BCUT2D eigenvalue weighted by Gasteiger charge is -2.32. The highest BCUT2D eigenvalue weighted by Crippen LogP contribution is 2.30. The minimum atomic E-state index is -2.80. The Balaban J connectivity index is 0.00000192. The van der Waals surface area contributed by atoms with Gasteiger partial charge in [0, 0.05) is 37.8 Å². The van der Waals surface area contributed by atoms with Crippen LogP contribution in [0.2, 0.25) is 0 Å². The van der Waals surface area contributed by atoms with Gasteiger partial charge in [0.25, 0.3) is 0 Å². The van der Waals surface area contributed by atoms with Crippen LogP contribution in [0.4, 0.5) is 8.78 Å². The van der Waals surface area contributed by atoms with Gasteiger partial charge >= 0.3 is 6.61 Å². The monoisotopic (exact) mass is 342 g/mol. The van der Waals surface area contributed by atoms with Gasteiger partial charge in [-0.2, -0.15) is 8.78 Å². The minimum Gasteiger partial charge on any atom is -0.434 e. The first-order valence-corrected chi connectivity index (χ1v) is 7.54. The predicted octanol–water partition coefficient (Wildman–Crippen LogP) is 3.66. The van der Waals surface area contributed by atoms with E-state index in [0.717, 1.165) is 36.0 Å².